The van der Waals surface area contributed by atoms with Crippen LogP contribution in [0, 0.1) is 25.2 Å². The molecule has 1 unspecified atom stereocenters. The zero-order chi connectivity index (χ0) is 28.7. The minimum absolute atomic E-state index is 0.00774. The van der Waals surface area contributed by atoms with Crippen LogP contribution in [0.25, 0.3) is 0 Å². The summed E-state index contributed by atoms with van der Waals surface area (Å²) < 4.78 is 0. The van der Waals surface area contributed by atoms with Gasteiger partial charge in [0.15, 0.2) is 0 Å². The molecule has 0 bridgehead atoms. The highest BCUT2D eigenvalue weighted by molar-refractivity contribution is 7.46. The summed E-state index contributed by atoms with van der Waals surface area (Å²) in [5.74, 6) is 0.291. The van der Waals surface area contributed by atoms with Gasteiger partial charge in [0.05, 0.1) is 0 Å². The molecule has 3 rings (SSSR count). The summed E-state index contributed by atoms with van der Waals surface area (Å²) in [5.41, 5.74) is 7.31. The first-order valence-corrected chi connectivity index (χ1v) is 15.3. The van der Waals surface area contributed by atoms with E-state index < -0.39 is 0 Å². The quantitative estimate of drug-likeness (QED) is 0.206. The number of hydrogen-bond acceptors (Lipinski definition) is 3. The fourth-order valence-electron chi connectivity index (χ4n) is 3.94. The number of allylic oxidation sites excluding steroid dienone is 2. The molecule has 2 N–H and O–H groups in total. The van der Waals surface area contributed by atoms with Crippen LogP contribution in [0.5, 0.6) is 0 Å². The van der Waals surface area contributed by atoms with E-state index in [0.717, 1.165) is 24.2 Å². The van der Waals surface area contributed by atoms with Crippen molar-refractivity contribution < 1.29 is 4.79 Å². The molecule has 1 amide bonds. The molecule has 0 radical (unpaired) electrons. The highest BCUT2D eigenvalue weighted by Crippen LogP contribution is 2.19. The summed E-state index contributed by atoms with van der Waals surface area (Å²) in [6, 6.07) is 12.7. The van der Waals surface area contributed by atoms with E-state index in [2.05, 4.69) is 88.4 Å². The van der Waals surface area contributed by atoms with Gasteiger partial charge < -0.3 is 5.32 Å². The number of nitrogens with one attached hydrogen (secondary N) is 2. The summed E-state index contributed by atoms with van der Waals surface area (Å²) in [7, 11) is 0.692. The van der Waals surface area contributed by atoms with Crippen molar-refractivity contribution in [3.63, 3.8) is 0 Å². The summed E-state index contributed by atoms with van der Waals surface area (Å²) in [4.78, 5) is 14.5. The highest BCUT2D eigenvalue weighted by Gasteiger charge is 2.14. The fraction of sp³-hybridized carbons (Fsp3) is 0.455. The van der Waals surface area contributed by atoms with Gasteiger partial charge in [-0.25, -0.2) is 0 Å². The van der Waals surface area contributed by atoms with Crippen molar-refractivity contribution >= 4 is 31.2 Å². The van der Waals surface area contributed by atoms with Crippen LogP contribution < -0.4 is 10.6 Å². The van der Waals surface area contributed by atoms with Crippen LogP contribution in [0.3, 0.4) is 0 Å². The maximum Gasteiger partial charge on any atom is 0.273 e. The Morgan fingerprint density at radius 1 is 1.11 bits per heavy atom. The Morgan fingerprint density at radius 2 is 1.74 bits per heavy atom. The molecule has 38 heavy (non-hydrogen) atoms. The molecule has 2 aromatic carbocycles. The van der Waals surface area contributed by atoms with Gasteiger partial charge in [-0.3, -0.25) is 15.1 Å². The average Bonchev–Trinajstić information content (AvgIpc) is 3.39. The lowest BCUT2D eigenvalue weighted by Gasteiger charge is -2.18. The Labute approximate surface area is 234 Å². The summed E-state index contributed by atoms with van der Waals surface area (Å²) in [6.07, 6.45) is 7.24. The van der Waals surface area contributed by atoms with Gasteiger partial charge in [0.2, 0.25) is 0 Å². The standard InChI is InChI=1S/C18H26N3OP.C10H14.C5H10/c1-13(2)10-16(19)18(22)20-15-7-6-14(17(11-15)23-3)12-21-8-4-5-9-21;1-4-10-7-8(2)5-6-9(10)3;1-4-5(2)3/h6-7,10-11,19,23H,4-5,8-9,12H2,1-3H3,(H,20,22);5-7H,4H2,1-3H3;4-5H,1H2,2-3H3. The molecule has 0 aromatic heterocycles. The second-order valence-corrected chi connectivity index (χ2v) is 11.5. The van der Waals surface area contributed by atoms with E-state index in [-0.39, 0.29) is 11.6 Å². The predicted molar refractivity (Wildman–Crippen MR) is 171 cm³/mol. The van der Waals surface area contributed by atoms with Gasteiger partial charge in [0.1, 0.15) is 5.71 Å². The van der Waals surface area contributed by atoms with Crippen LogP contribution in [0.1, 0.15) is 69.7 Å². The van der Waals surface area contributed by atoms with E-state index in [1.807, 2.05) is 26.0 Å². The topological polar surface area (TPSA) is 56.2 Å². The number of anilines is 1. The highest BCUT2D eigenvalue weighted by atomic mass is 31.1. The van der Waals surface area contributed by atoms with Crippen LogP contribution in [-0.2, 0) is 17.8 Å². The second kappa shape index (κ2) is 17.9. The molecule has 0 aliphatic carbocycles. The Kier molecular flexibility index (Phi) is 15.7. The van der Waals surface area contributed by atoms with Crippen molar-refractivity contribution in [3.05, 3.63) is 83.0 Å². The van der Waals surface area contributed by atoms with Crippen LogP contribution in [0.2, 0.25) is 0 Å². The van der Waals surface area contributed by atoms with Crippen molar-refractivity contribution in [2.75, 3.05) is 25.1 Å². The number of rotatable bonds is 8. The van der Waals surface area contributed by atoms with Crippen LogP contribution in [-0.4, -0.2) is 36.3 Å². The Bertz CT molecular complexity index is 1080. The largest absolute Gasteiger partial charge is 0.321 e. The maximum absolute atomic E-state index is 12.0. The van der Waals surface area contributed by atoms with Crippen LogP contribution in [0.15, 0.2) is 60.7 Å². The Hall–Kier alpha value is -2.55. The molecule has 208 valence electrons. The van der Waals surface area contributed by atoms with Crippen LogP contribution in [0.4, 0.5) is 5.69 Å². The van der Waals surface area contributed by atoms with E-state index in [4.69, 9.17) is 5.41 Å². The molecular formula is C33H50N3OP. The number of hydrogen-bond donors (Lipinski definition) is 2. The molecule has 2 aromatic rings. The number of aryl methyl sites for hydroxylation is 3. The van der Waals surface area contributed by atoms with Gasteiger partial charge in [-0.15, -0.1) is 6.58 Å². The van der Waals surface area contributed by atoms with E-state index in [0.29, 0.717) is 14.5 Å². The molecular weight excluding hydrogens is 485 g/mol. The monoisotopic (exact) mass is 535 g/mol. The first-order valence-electron chi connectivity index (χ1n) is 13.8. The smallest absolute Gasteiger partial charge is 0.273 e. The number of nitrogens with zero attached hydrogens (tertiary/aromatic N) is 1. The minimum atomic E-state index is -0.358. The van der Waals surface area contributed by atoms with Crippen molar-refractivity contribution in [1.82, 2.24) is 4.90 Å². The lowest BCUT2D eigenvalue weighted by Crippen LogP contribution is -2.23. The predicted octanol–water partition coefficient (Wildman–Crippen LogP) is 7.83. The molecule has 0 spiro atoms. The van der Waals surface area contributed by atoms with Crippen LogP contribution >= 0.6 is 8.58 Å². The number of benzene rings is 2. The van der Waals surface area contributed by atoms with Gasteiger partial charge >= 0.3 is 0 Å². The maximum atomic E-state index is 12.0. The first kappa shape index (κ1) is 33.5. The summed E-state index contributed by atoms with van der Waals surface area (Å²) in [6.45, 7) is 23.6. The van der Waals surface area contributed by atoms with E-state index >= 15 is 0 Å². The van der Waals surface area contributed by atoms with Crippen molar-refractivity contribution in [1.29, 1.82) is 5.41 Å². The van der Waals surface area contributed by atoms with Gasteiger partial charge in [0, 0.05) is 12.2 Å². The summed E-state index contributed by atoms with van der Waals surface area (Å²) >= 11 is 0. The Morgan fingerprint density at radius 3 is 2.24 bits per heavy atom. The van der Waals surface area contributed by atoms with Gasteiger partial charge in [-0.2, -0.15) is 0 Å². The minimum Gasteiger partial charge on any atom is -0.321 e. The van der Waals surface area contributed by atoms with E-state index in [9.17, 15) is 4.79 Å². The zero-order valence-electron chi connectivity index (χ0n) is 25.0. The average molecular weight is 536 g/mol. The molecule has 1 atom stereocenters. The number of likely N-dealkylation sites (tertiary alicyclic amines) is 1. The van der Waals surface area contributed by atoms with Crippen molar-refractivity contribution in [2.45, 2.75) is 74.3 Å². The molecule has 5 heteroatoms. The third-order valence-electron chi connectivity index (χ3n) is 6.26. The van der Waals surface area contributed by atoms with Gasteiger partial charge in [0.25, 0.3) is 5.91 Å². The number of carbonyl (C=O) groups is 1. The Balaban J connectivity index is 0.000000395. The van der Waals surface area contributed by atoms with E-state index in [1.165, 1.54) is 53.5 Å². The number of amides is 1. The SMILES string of the molecule is C=CC(C)C.CCc1cc(C)ccc1C.CPc1cc(NC(=O)C(=N)C=C(C)C)ccc1CN1CCCC1. The first-order chi connectivity index (χ1) is 18.0. The van der Waals surface area contributed by atoms with Gasteiger partial charge in [-0.1, -0.05) is 70.8 Å². The second-order valence-electron chi connectivity index (χ2n) is 10.5. The molecule has 0 saturated carbocycles. The normalized spacial score (nSPS) is 12.9. The lowest BCUT2D eigenvalue weighted by atomic mass is 10.0. The molecule has 1 aliphatic heterocycles. The zero-order valence-corrected chi connectivity index (χ0v) is 26.0. The molecule has 1 aliphatic rings. The third kappa shape index (κ3) is 12.8. The molecule has 1 heterocycles. The molecule has 1 saturated heterocycles. The fourth-order valence-corrected chi connectivity index (χ4v) is 4.72. The van der Waals surface area contributed by atoms with Crippen molar-refractivity contribution in [2.24, 2.45) is 5.92 Å². The molecule has 4 nitrogen and oxygen atoms in total. The van der Waals surface area contributed by atoms with Gasteiger partial charge in [-0.05, 0) is 113 Å². The molecule has 1 fully saturated rings. The third-order valence-corrected chi connectivity index (χ3v) is 7.27. The van der Waals surface area contributed by atoms with E-state index in [1.54, 1.807) is 6.08 Å². The number of carbonyl (C=O) groups excluding carboxylic acids is 1. The lowest BCUT2D eigenvalue weighted by molar-refractivity contribution is -0.110. The summed E-state index contributed by atoms with van der Waals surface area (Å²) in [5, 5.41) is 11.9. The van der Waals surface area contributed by atoms with Crippen molar-refractivity contribution in [3.8, 4) is 0 Å².